The van der Waals surface area contributed by atoms with E-state index in [9.17, 15) is 13.2 Å². The summed E-state index contributed by atoms with van der Waals surface area (Å²) in [4.78, 5) is 12.1. The van der Waals surface area contributed by atoms with Crippen molar-refractivity contribution >= 4 is 39.0 Å². The molecule has 0 fully saturated rings. The van der Waals surface area contributed by atoms with Crippen LogP contribution in [0, 0.1) is 6.92 Å². The molecule has 0 aliphatic rings. The maximum Gasteiger partial charge on any atom is 0.263 e. The monoisotopic (exact) mass is 446 g/mol. The maximum atomic E-state index is 12.4. The van der Waals surface area contributed by atoms with Crippen molar-refractivity contribution in [2.45, 2.75) is 18.2 Å². The summed E-state index contributed by atoms with van der Waals surface area (Å²) in [5.74, 6) is 0.499. The summed E-state index contributed by atoms with van der Waals surface area (Å²) in [6.45, 7) is 2.21. The van der Waals surface area contributed by atoms with Crippen LogP contribution in [0.1, 0.15) is 12.0 Å². The molecule has 0 spiro atoms. The molecule has 0 radical (unpaired) electrons. The van der Waals surface area contributed by atoms with Crippen LogP contribution in [0.25, 0.3) is 0 Å². The summed E-state index contributed by atoms with van der Waals surface area (Å²) < 4.78 is 32.6. The van der Waals surface area contributed by atoms with E-state index in [1.54, 1.807) is 0 Å². The number of hydrogen-bond donors (Lipinski definition) is 2. The van der Waals surface area contributed by atoms with Crippen LogP contribution in [-0.4, -0.2) is 31.1 Å². The number of nitrogens with one attached hydrogen (secondary N) is 2. The molecule has 1 heterocycles. The Balaban J connectivity index is 1.52. The van der Waals surface area contributed by atoms with E-state index in [4.69, 9.17) is 16.3 Å². The second-order valence-corrected chi connectivity index (χ2v) is 8.40. The average molecular weight is 447 g/mol. The van der Waals surface area contributed by atoms with E-state index in [0.29, 0.717) is 11.4 Å². The van der Waals surface area contributed by atoms with Crippen LogP contribution in [0.3, 0.4) is 0 Å². The third-order valence-corrected chi connectivity index (χ3v) is 5.51. The first-order valence-corrected chi connectivity index (χ1v) is 10.8. The van der Waals surface area contributed by atoms with E-state index < -0.39 is 10.0 Å². The van der Waals surface area contributed by atoms with Gasteiger partial charge in [-0.15, -0.1) is 10.2 Å². The van der Waals surface area contributed by atoms with Gasteiger partial charge in [0.05, 0.1) is 17.9 Å². The Morgan fingerprint density at radius 3 is 2.33 bits per heavy atom. The molecule has 2 aromatic carbocycles. The number of benzene rings is 2. The SMILES string of the molecule is Cc1ccc(OCCC(=O)Nc2ccc(S(=O)(=O)Nc3ccc(Cl)nn3)cc2)cc1. The Hall–Kier alpha value is -3.17. The van der Waals surface area contributed by atoms with E-state index in [2.05, 4.69) is 20.2 Å². The number of rotatable bonds is 8. The fourth-order valence-corrected chi connectivity index (χ4v) is 3.50. The van der Waals surface area contributed by atoms with Gasteiger partial charge in [-0.25, -0.2) is 8.42 Å². The fraction of sp³-hybridized carbons (Fsp3) is 0.150. The summed E-state index contributed by atoms with van der Waals surface area (Å²) in [5, 5.41) is 10.1. The Bertz CT molecular complexity index is 1100. The molecule has 0 unspecified atom stereocenters. The van der Waals surface area contributed by atoms with Gasteiger partial charge in [-0.2, -0.15) is 0 Å². The van der Waals surface area contributed by atoms with Crippen LogP contribution >= 0.6 is 11.6 Å². The summed E-state index contributed by atoms with van der Waals surface area (Å²) in [7, 11) is -3.85. The molecule has 2 N–H and O–H groups in total. The quantitative estimate of drug-likeness (QED) is 0.546. The number of carbonyl (C=O) groups is 1. The number of sulfonamides is 1. The highest BCUT2D eigenvalue weighted by molar-refractivity contribution is 7.92. The number of aryl methyl sites for hydroxylation is 1. The van der Waals surface area contributed by atoms with Crippen LogP contribution in [0.2, 0.25) is 5.15 Å². The van der Waals surface area contributed by atoms with Gasteiger partial charge in [0, 0.05) is 5.69 Å². The number of aromatic nitrogens is 2. The summed E-state index contributed by atoms with van der Waals surface area (Å²) in [5.41, 5.74) is 1.60. The minimum absolute atomic E-state index is 0.0138. The zero-order chi connectivity index (χ0) is 21.6. The minimum Gasteiger partial charge on any atom is -0.493 e. The Kier molecular flexibility index (Phi) is 6.86. The normalized spacial score (nSPS) is 11.0. The molecular weight excluding hydrogens is 428 g/mol. The van der Waals surface area contributed by atoms with Gasteiger partial charge < -0.3 is 10.1 Å². The largest absolute Gasteiger partial charge is 0.493 e. The van der Waals surface area contributed by atoms with Gasteiger partial charge >= 0.3 is 0 Å². The van der Waals surface area contributed by atoms with Crippen molar-refractivity contribution < 1.29 is 17.9 Å². The van der Waals surface area contributed by atoms with Gasteiger partial charge in [0.2, 0.25) is 5.91 Å². The highest BCUT2D eigenvalue weighted by Gasteiger charge is 2.15. The van der Waals surface area contributed by atoms with Gasteiger partial charge in [-0.1, -0.05) is 29.3 Å². The van der Waals surface area contributed by atoms with Crippen LogP contribution in [0.5, 0.6) is 5.75 Å². The topological polar surface area (TPSA) is 110 Å². The standard InChI is InChI=1S/C20H19ClN4O4S/c1-14-2-6-16(7-3-14)29-13-12-20(26)22-15-4-8-17(9-5-15)30(27,28)25-19-11-10-18(21)23-24-19/h2-11H,12-13H2,1H3,(H,22,26)(H,24,25). The van der Waals surface area contributed by atoms with Gasteiger partial charge in [0.15, 0.2) is 11.0 Å². The molecule has 30 heavy (non-hydrogen) atoms. The lowest BCUT2D eigenvalue weighted by atomic mass is 10.2. The predicted molar refractivity (Wildman–Crippen MR) is 114 cm³/mol. The number of halogens is 1. The third kappa shape index (κ3) is 6.16. The first kappa shape index (κ1) is 21.5. The lowest BCUT2D eigenvalue weighted by molar-refractivity contribution is -0.116. The molecule has 156 valence electrons. The van der Waals surface area contributed by atoms with Crippen LogP contribution in [-0.2, 0) is 14.8 Å². The van der Waals surface area contributed by atoms with Gasteiger partial charge in [-0.05, 0) is 55.5 Å². The molecule has 0 bridgehead atoms. The van der Waals surface area contributed by atoms with E-state index in [-0.39, 0.29) is 34.8 Å². The minimum atomic E-state index is -3.85. The molecule has 0 aliphatic heterocycles. The van der Waals surface area contributed by atoms with Crippen molar-refractivity contribution in [3.8, 4) is 5.75 Å². The first-order valence-electron chi connectivity index (χ1n) is 8.93. The number of hydrogen-bond acceptors (Lipinski definition) is 6. The molecule has 8 nitrogen and oxygen atoms in total. The van der Waals surface area contributed by atoms with E-state index in [1.807, 2.05) is 31.2 Å². The van der Waals surface area contributed by atoms with Gasteiger partial charge in [-0.3, -0.25) is 9.52 Å². The lowest BCUT2D eigenvalue weighted by Gasteiger charge is -2.09. The van der Waals surface area contributed by atoms with Crippen LogP contribution in [0.15, 0.2) is 65.6 Å². The van der Waals surface area contributed by atoms with Gasteiger partial charge in [0.25, 0.3) is 10.0 Å². The zero-order valence-corrected chi connectivity index (χ0v) is 17.6. The number of carbonyl (C=O) groups excluding carboxylic acids is 1. The Morgan fingerprint density at radius 2 is 1.70 bits per heavy atom. The summed E-state index contributed by atoms with van der Waals surface area (Å²) in [6, 6.07) is 16.1. The van der Waals surface area contributed by atoms with Crippen molar-refractivity contribution in [3.05, 3.63) is 71.4 Å². The molecule has 3 rings (SSSR count). The number of amides is 1. The predicted octanol–water partition coefficient (Wildman–Crippen LogP) is 3.65. The number of ether oxygens (including phenoxy) is 1. The van der Waals surface area contributed by atoms with Crippen molar-refractivity contribution in [2.24, 2.45) is 0 Å². The fourth-order valence-electron chi connectivity index (χ4n) is 2.40. The molecule has 10 heteroatoms. The molecule has 0 atom stereocenters. The van der Waals surface area contributed by atoms with Crippen LogP contribution in [0.4, 0.5) is 11.5 Å². The summed E-state index contributed by atoms with van der Waals surface area (Å²) >= 11 is 5.63. The van der Waals surface area contributed by atoms with Crippen molar-refractivity contribution in [1.29, 1.82) is 0 Å². The lowest BCUT2D eigenvalue weighted by Crippen LogP contribution is -2.16. The van der Waals surface area contributed by atoms with E-state index >= 15 is 0 Å². The summed E-state index contributed by atoms with van der Waals surface area (Å²) in [6.07, 6.45) is 0.157. The van der Waals surface area contributed by atoms with Crippen LogP contribution < -0.4 is 14.8 Å². The maximum absolute atomic E-state index is 12.4. The second kappa shape index (κ2) is 9.55. The average Bonchev–Trinajstić information content (AvgIpc) is 2.71. The van der Waals surface area contributed by atoms with E-state index in [1.165, 1.54) is 36.4 Å². The van der Waals surface area contributed by atoms with Crippen molar-refractivity contribution in [1.82, 2.24) is 10.2 Å². The highest BCUT2D eigenvalue weighted by atomic mass is 35.5. The smallest absolute Gasteiger partial charge is 0.263 e. The molecule has 3 aromatic rings. The molecule has 0 saturated carbocycles. The number of nitrogens with zero attached hydrogens (tertiary/aromatic N) is 2. The van der Waals surface area contributed by atoms with Crippen molar-refractivity contribution in [2.75, 3.05) is 16.6 Å². The van der Waals surface area contributed by atoms with E-state index in [0.717, 1.165) is 5.56 Å². The molecular formula is C20H19ClN4O4S. The zero-order valence-electron chi connectivity index (χ0n) is 16.0. The number of anilines is 2. The molecule has 0 aliphatic carbocycles. The second-order valence-electron chi connectivity index (χ2n) is 6.33. The third-order valence-electron chi connectivity index (χ3n) is 3.94. The van der Waals surface area contributed by atoms with Crippen molar-refractivity contribution in [3.63, 3.8) is 0 Å². The first-order chi connectivity index (χ1) is 14.3. The molecule has 1 amide bonds. The molecule has 0 saturated heterocycles. The molecule has 1 aromatic heterocycles. The highest BCUT2D eigenvalue weighted by Crippen LogP contribution is 2.18. The van der Waals surface area contributed by atoms with Gasteiger partial charge in [0.1, 0.15) is 5.75 Å². The Labute approximate surface area is 179 Å². The Morgan fingerprint density at radius 1 is 1.00 bits per heavy atom.